The molecule has 0 radical (unpaired) electrons. The molecule has 0 unspecified atom stereocenters. The van der Waals surface area contributed by atoms with Crippen molar-refractivity contribution in [2.24, 2.45) is 0 Å². The number of benzene rings is 1. The highest BCUT2D eigenvalue weighted by molar-refractivity contribution is 5.79. The number of hydrogen-bond acceptors (Lipinski definition) is 4. The fourth-order valence-electron chi connectivity index (χ4n) is 3.21. The van der Waals surface area contributed by atoms with Crippen LogP contribution in [-0.2, 0) is 4.79 Å². The van der Waals surface area contributed by atoms with Gasteiger partial charge in [-0.2, -0.15) is 0 Å². The lowest BCUT2D eigenvalue weighted by Crippen LogP contribution is -2.41. The maximum atomic E-state index is 12.4. The molecule has 1 aliphatic rings. The number of carbonyl (C=O) groups excluding carboxylic acids is 1. The Balaban J connectivity index is 1.67. The number of hydrogen-bond donors (Lipinski definition) is 0. The summed E-state index contributed by atoms with van der Waals surface area (Å²) in [6.45, 7) is 2.72. The van der Waals surface area contributed by atoms with E-state index in [1.54, 1.807) is 18.2 Å². The van der Waals surface area contributed by atoms with Crippen LogP contribution in [0.5, 0.6) is 5.75 Å². The molecule has 0 atom stereocenters. The Bertz CT molecular complexity index is 746. The smallest absolute Gasteiger partial charge is 0.336 e. The molecule has 0 spiro atoms. The third kappa shape index (κ3) is 3.55. The molecule has 1 saturated carbocycles. The van der Waals surface area contributed by atoms with Crippen LogP contribution in [0.15, 0.2) is 39.5 Å². The van der Waals surface area contributed by atoms with Gasteiger partial charge in [0.25, 0.3) is 5.91 Å². The fourth-order valence-corrected chi connectivity index (χ4v) is 3.21. The van der Waals surface area contributed by atoms with Gasteiger partial charge in [0.2, 0.25) is 0 Å². The number of amides is 1. The van der Waals surface area contributed by atoms with Crippen molar-refractivity contribution in [3.63, 3.8) is 0 Å². The van der Waals surface area contributed by atoms with E-state index in [1.807, 2.05) is 17.9 Å². The average molecular weight is 315 g/mol. The number of nitrogens with zero attached hydrogens (tertiary/aromatic N) is 1. The van der Waals surface area contributed by atoms with Crippen molar-refractivity contribution in [2.45, 2.75) is 38.6 Å². The Hall–Kier alpha value is -2.30. The van der Waals surface area contributed by atoms with Crippen LogP contribution >= 0.6 is 0 Å². The van der Waals surface area contributed by atoms with Crippen LogP contribution in [0.25, 0.3) is 11.0 Å². The maximum Gasteiger partial charge on any atom is 0.336 e. The van der Waals surface area contributed by atoms with E-state index in [4.69, 9.17) is 9.15 Å². The second kappa shape index (κ2) is 6.86. The summed E-state index contributed by atoms with van der Waals surface area (Å²) in [5, 5.41) is 0.824. The summed E-state index contributed by atoms with van der Waals surface area (Å²) in [7, 11) is 0. The molecule has 0 saturated heterocycles. The Labute approximate surface area is 134 Å². The van der Waals surface area contributed by atoms with E-state index in [1.165, 1.54) is 18.9 Å². The zero-order valence-corrected chi connectivity index (χ0v) is 13.3. The van der Waals surface area contributed by atoms with E-state index in [9.17, 15) is 9.59 Å². The number of carbonyl (C=O) groups is 1. The van der Waals surface area contributed by atoms with Crippen LogP contribution in [0.3, 0.4) is 0 Å². The van der Waals surface area contributed by atoms with Crippen LogP contribution in [0, 0.1) is 0 Å². The van der Waals surface area contributed by atoms with E-state index in [2.05, 4.69) is 0 Å². The van der Waals surface area contributed by atoms with Crippen LogP contribution in [-0.4, -0.2) is 30.0 Å². The highest BCUT2D eigenvalue weighted by atomic mass is 16.5. The van der Waals surface area contributed by atoms with Crippen molar-refractivity contribution >= 4 is 16.9 Å². The number of ether oxygens (including phenoxy) is 1. The minimum Gasteiger partial charge on any atom is -0.484 e. The molecule has 1 aromatic heterocycles. The van der Waals surface area contributed by atoms with Crippen LogP contribution in [0.1, 0.15) is 32.6 Å². The monoisotopic (exact) mass is 315 g/mol. The molecule has 122 valence electrons. The third-order valence-electron chi connectivity index (χ3n) is 4.38. The lowest BCUT2D eigenvalue weighted by atomic mass is 10.2. The van der Waals surface area contributed by atoms with Crippen molar-refractivity contribution in [3.05, 3.63) is 40.8 Å². The quantitative estimate of drug-likeness (QED) is 0.796. The molecule has 23 heavy (non-hydrogen) atoms. The second-order valence-electron chi connectivity index (χ2n) is 5.86. The standard InChI is InChI=1S/C18H21NO4/c1-2-19(14-5-3-4-6-14)17(20)12-22-15-9-7-13-8-10-18(21)23-16(13)11-15/h7-11,14H,2-6,12H2,1H3. The van der Waals surface area contributed by atoms with Crippen LogP contribution in [0.4, 0.5) is 0 Å². The normalized spacial score (nSPS) is 15.0. The summed E-state index contributed by atoms with van der Waals surface area (Å²) in [5.41, 5.74) is 0.0645. The molecule has 1 fully saturated rings. The molecular formula is C18H21NO4. The number of fused-ring (bicyclic) bond motifs is 1. The first-order valence-electron chi connectivity index (χ1n) is 8.13. The van der Waals surface area contributed by atoms with Gasteiger partial charge in [0.1, 0.15) is 11.3 Å². The summed E-state index contributed by atoms with van der Waals surface area (Å²) >= 11 is 0. The number of likely N-dealkylation sites (N-methyl/N-ethyl adjacent to an activating group) is 1. The maximum absolute atomic E-state index is 12.4. The van der Waals surface area contributed by atoms with Gasteiger partial charge in [0.15, 0.2) is 6.61 Å². The predicted octanol–water partition coefficient (Wildman–Crippen LogP) is 2.96. The third-order valence-corrected chi connectivity index (χ3v) is 4.38. The molecule has 1 aromatic carbocycles. The highest BCUT2D eigenvalue weighted by Gasteiger charge is 2.25. The van der Waals surface area contributed by atoms with Gasteiger partial charge in [0.05, 0.1) is 0 Å². The average Bonchev–Trinajstić information content (AvgIpc) is 3.07. The molecule has 1 amide bonds. The van der Waals surface area contributed by atoms with Gasteiger partial charge in [-0.25, -0.2) is 4.79 Å². The Morgan fingerprint density at radius 3 is 2.74 bits per heavy atom. The Morgan fingerprint density at radius 1 is 1.26 bits per heavy atom. The zero-order chi connectivity index (χ0) is 16.2. The van der Waals surface area contributed by atoms with Crippen molar-refractivity contribution in [1.29, 1.82) is 0 Å². The predicted molar refractivity (Wildman–Crippen MR) is 87.6 cm³/mol. The lowest BCUT2D eigenvalue weighted by molar-refractivity contribution is -0.135. The minimum absolute atomic E-state index is 0.00686. The summed E-state index contributed by atoms with van der Waals surface area (Å²) in [6, 6.07) is 8.68. The summed E-state index contributed by atoms with van der Waals surface area (Å²) in [4.78, 5) is 25.6. The van der Waals surface area contributed by atoms with E-state index >= 15 is 0 Å². The summed E-state index contributed by atoms with van der Waals surface area (Å²) in [6.07, 6.45) is 4.56. The van der Waals surface area contributed by atoms with Gasteiger partial charge < -0.3 is 14.1 Å². The summed E-state index contributed by atoms with van der Waals surface area (Å²) < 4.78 is 10.7. The fraction of sp³-hybridized carbons (Fsp3) is 0.444. The van der Waals surface area contributed by atoms with Crippen molar-refractivity contribution in [2.75, 3.05) is 13.2 Å². The first-order valence-corrected chi connectivity index (χ1v) is 8.13. The number of rotatable bonds is 5. The summed E-state index contributed by atoms with van der Waals surface area (Å²) in [5.74, 6) is 0.539. The Morgan fingerprint density at radius 2 is 2.00 bits per heavy atom. The molecule has 5 heteroatoms. The first-order chi connectivity index (χ1) is 11.2. The molecule has 3 rings (SSSR count). The molecular weight excluding hydrogens is 294 g/mol. The van der Waals surface area contributed by atoms with Crippen molar-refractivity contribution < 1.29 is 13.9 Å². The van der Waals surface area contributed by atoms with E-state index in [-0.39, 0.29) is 12.5 Å². The van der Waals surface area contributed by atoms with Crippen LogP contribution < -0.4 is 10.4 Å². The van der Waals surface area contributed by atoms with Gasteiger partial charge in [-0.15, -0.1) is 0 Å². The van der Waals surface area contributed by atoms with Gasteiger partial charge in [-0.1, -0.05) is 12.8 Å². The van der Waals surface area contributed by atoms with Crippen molar-refractivity contribution in [1.82, 2.24) is 4.90 Å². The molecule has 5 nitrogen and oxygen atoms in total. The largest absolute Gasteiger partial charge is 0.484 e. The molecule has 0 aliphatic heterocycles. The topological polar surface area (TPSA) is 59.8 Å². The molecule has 1 aliphatic carbocycles. The van der Waals surface area contributed by atoms with Crippen molar-refractivity contribution in [3.8, 4) is 5.75 Å². The molecule has 0 N–H and O–H groups in total. The van der Waals surface area contributed by atoms with Gasteiger partial charge in [-0.05, 0) is 38.0 Å². The van der Waals surface area contributed by atoms with E-state index in [0.717, 1.165) is 18.2 Å². The van der Waals surface area contributed by atoms with E-state index in [0.29, 0.717) is 23.9 Å². The van der Waals surface area contributed by atoms with Crippen LogP contribution in [0.2, 0.25) is 0 Å². The first kappa shape index (κ1) is 15.6. The molecule has 2 aromatic rings. The van der Waals surface area contributed by atoms with Gasteiger partial charge in [0, 0.05) is 30.1 Å². The zero-order valence-electron chi connectivity index (χ0n) is 13.3. The minimum atomic E-state index is -0.399. The van der Waals surface area contributed by atoms with E-state index < -0.39 is 5.63 Å². The molecule has 0 bridgehead atoms. The second-order valence-corrected chi connectivity index (χ2v) is 5.86. The van der Waals surface area contributed by atoms with Gasteiger partial charge in [-0.3, -0.25) is 4.79 Å². The lowest BCUT2D eigenvalue weighted by Gasteiger charge is -2.27. The highest BCUT2D eigenvalue weighted by Crippen LogP contribution is 2.24. The Kier molecular flexibility index (Phi) is 4.65. The molecule has 1 heterocycles. The SMILES string of the molecule is CCN(C(=O)COc1ccc2ccc(=O)oc2c1)C1CCCC1. The van der Waals surface area contributed by atoms with Gasteiger partial charge >= 0.3 is 5.63 Å².